The van der Waals surface area contributed by atoms with Gasteiger partial charge in [-0.05, 0) is 26.0 Å². The van der Waals surface area contributed by atoms with Crippen LogP contribution in [0.2, 0.25) is 4.34 Å². The first kappa shape index (κ1) is 16.5. The molecule has 2 rings (SSSR count). The summed E-state index contributed by atoms with van der Waals surface area (Å²) in [6, 6.07) is 3.00. The highest BCUT2D eigenvalue weighted by Gasteiger charge is 2.31. The Bertz CT molecular complexity index is 607. The molecule has 0 aromatic carbocycles. The topological polar surface area (TPSA) is 69.7 Å². The summed E-state index contributed by atoms with van der Waals surface area (Å²) in [6.07, 6.45) is 0. The first-order chi connectivity index (χ1) is 9.80. The van der Waals surface area contributed by atoms with Crippen molar-refractivity contribution in [3.8, 4) is 0 Å². The monoisotopic (exact) mass is 351 g/mol. The Kier molecular flexibility index (Phi) is 5.13. The molecular weight excluding hydrogens is 334 g/mol. The summed E-state index contributed by atoms with van der Waals surface area (Å²) in [6.45, 7) is 5.14. The van der Waals surface area contributed by atoms with E-state index in [9.17, 15) is 13.2 Å². The zero-order valence-corrected chi connectivity index (χ0v) is 14.3. The van der Waals surface area contributed by atoms with Crippen LogP contribution in [-0.2, 0) is 10.0 Å². The lowest BCUT2D eigenvalue weighted by Crippen LogP contribution is -2.53. The average Bonchev–Trinajstić information content (AvgIpc) is 2.85. The maximum absolute atomic E-state index is 12.4. The molecular formula is C12H18ClN3O3S2. The minimum absolute atomic E-state index is 0.0625. The van der Waals surface area contributed by atoms with E-state index in [4.69, 9.17) is 11.6 Å². The maximum atomic E-state index is 12.4. The van der Waals surface area contributed by atoms with Gasteiger partial charge in [0, 0.05) is 32.2 Å². The zero-order chi connectivity index (χ0) is 15.6. The third kappa shape index (κ3) is 3.88. The van der Waals surface area contributed by atoms with Crippen LogP contribution < -0.4 is 5.32 Å². The number of urea groups is 1. The molecule has 0 spiro atoms. The summed E-state index contributed by atoms with van der Waals surface area (Å²) in [7, 11) is -3.50. The summed E-state index contributed by atoms with van der Waals surface area (Å²) in [5.41, 5.74) is 0. The normalized spacial score (nSPS) is 17.2. The van der Waals surface area contributed by atoms with E-state index in [0.29, 0.717) is 30.5 Å². The van der Waals surface area contributed by atoms with Crippen molar-refractivity contribution in [2.75, 3.05) is 26.2 Å². The van der Waals surface area contributed by atoms with Crippen molar-refractivity contribution in [2.45, 2.75) is 24.1 Å². The highest BCUT2D eigenvalue weighted by molar-refractivity contribution is 7.91. The molecule has 1 fully saturated rings. The molecule has 0 unspecified atom stereocenters. The highest BCUT2D eigenvalue weighted by Crippen LogP contribution is 2.28. The third-order valence-electron chi connectivity index (χ3n) is 3.08. The largest absolute Gasteiger partial charge is 0.336 e. The van der Waals surface area contributed by atoms with Gasteiger partial charge in [0.05, 0.1) is 4.34 Å². The predicted octanol–water partition coefficient (Wildman–Crippen LogP) is 1.83. The van der Waals surface area contributed by atoms with E-state index in [1.54, 1.807) is 11.0 Å². The number of carbonyl (C=O) groups is 1. The minimum atomic E-state index is -3.50. The third-order valence-corrected chi connectivity index (χ3v) is 6.68. The molecule has 1 aromatic rings. The van der Waals surface area contributed by atoms with Crippen molar-refractivity contribution < 1.29 is 13.2 Å². The summed E-state index contributed by atoms with van der Waals surface area (Å²) < 4.78 is 26.9. The number of sulfonamides is 1. The number of halogens is 1. The molecule has 0 radical (unpaired) electrons. The molecule has 118 valence electrons. The number of hydrogen-bond donors (Lipinski definition) is 1. The van der Waals surface area contributed by atoms with Crippen molar-refractivity contribution in [1.82, 2.24) is 14.5 Å². The predicted molar refractivity (Wildman–Crippen MR) is 83.3 cm³/mol. The molecule has 1 aromatic heterocycles. The molecule has 0 saturated carbocycles. The van der Waals surface area contributed by atoms with Crippen LogP contribution in [0.15, 0.2) is 16.3 Å². The van der Waals surface area contributed by atoms with Crippen molar-refractivity contribution in [3.05, 3.63) is 16.5 Å². The van der Waals surface area contributed by atoms with Crippen LogP contribution in [0.1, 0.15) is 13.8 Å². The van der Waals surface area contributed by atoms with E-state index in [2.05, 4.69) is 5.32 Å². The number of nitrogens with zero attached hydrogens (tertiary/aromatic N) is 2. The molecule has 2 heterocycles. The molecule has 1 saturated heterocycles. The van der Waals surface area contributed by atoms with Crippen LogP contribution in [0, 0.1) is 0 Å². The number of amides is 2. The molecule has 1 aliphatic heterocycles. The van der Waals surface area contributed by atoms with Gasteiger partial charge in [0.15, 0.2) is 0 Å². The lowest BCUT2D eigenvalue weighted by molar-refractivity contribution is 0.170. The van der Waals surface area contributed by atoms with Gasteiger partial charge in [0.1, 0.15) is 4.21 Å². The van der Waals surface area contributed by atoms with Crippen LogP contribution in [0.5, 0.6) is 0 Å². The van der Waals surface area contributed by atoms with Gasteiger partial charge in [0.2, 0.25) is 0 Å². The second-order valence-corrected chi connectivity index (χ2v) is 8.93. The number of thiophene rings is 1. The number of piperazine rings is 1. The van der Waals surface area contributed by atoms with E-state index >= 15 is 0 Å². The second kappa shape index (κ2) is 6.51. The second-order valence-electron chi connectivity index (χ2n) is 5.05. The Morgan fingerprint density at radius 1 is 1.29 bits per heavy atom. The van der Waals surface area contributed by atoms with E-state index in [1.165, 1.54) is 10.4 Å². The van der Waals surface area contributed by atoms with Gasteiger partial charge in [-0.2, -0.15) is 4.31 Å². The Morgan fingerprint density at radius 2 is 1.90 bits per heavy atom. The van der Waals surface area contributed by atoms with Crippen molar-refractivity contribution in [1.29, 1.82) is 0 Å². The van der Waals surface area contributed by atoms with E-state index in [0.717, 1.165) is 11.3 Å². The fourth-order valence-corrected chi connectivity index (χ4v) is 5.09. The average molecular weight is 352 g/mol. The fraction of sp³-hybridized carbons (Fsp3) is 0.583. The molecule has 6 nitrogen and oxygen atoms in total. The van der Waals surface area contributed by atoms with Crippen LogP contribution in [0.3, 0.4) is 0 Å². The van der Waals surface area contributed by atoms with Gasteiger partial charge in [-0.25, -0.2) is 13.2 Å². The molecule has 0 aliphatic carbocycles. The van der Waals surface area contributed by atoms with Crippen LogP contribution >= 0.6 is 22.9 Å². The van der Waals surface area contributed by atoms with Gasteiger partial charge in [-0.1, -0.05) is 11.6 Å². The minimum Gasteiger partial charge on any atom is -0.336 e. The lowest BCUT2D eigenvalue weighted by atomic mass is 10.3. The summed E-state index contributed by atoms with van der Waals surface area (Å²) in [4.78, 5) is 13.5. The standard InChI is InChI=1S/C12H18ClN3O3S2/c1-9(2)14-12(17)15-5-7-16(8-6-15)21(18,19)11-4-3-10(13)20-11/h3-4,9H,5-8H2,1-2H3,(H,14,17). The van der Waals surface area contributed by atoms with Crippen molar-refractivity contribution >= 4 is 39.0 Å². The molecule has 2 amide bonds. The Balaban J connectivity index is 1.99. The lowest BCUT2D eigenvalue weighted by Gasteiger charge is -2.34. The van der Waals surface area contributed by atoms with Gasteiger partial charge in [-0.3, -0.25) is 0 Å². The van der Waals surface area contributed by atoms with Crippen LogP contribution in [-0.4, -0.2) is 55.9 Å². The molecule has 0 bridgehead atoms. The van der Waals surface area contributed by atoms with Crippen molar-refractivity contribution in [3.63, 3.8) is 0 Å². The molecule has 21 heavy (non-hydrogen) atoms. The van der Waals surface area contributed by atoms with Gasteiger partial charge < -0.3 is 10.2 Å². The van der Waals surface area contributed by atoms with Gasteiger partial charge in [0.25, 0.3) is 10.0 Å². The number of rotatable bonds is 3. The fourth-order valence-electron chi connectivity index (χ4n) is 2.03. The van der Waals surface area contributed by atoms with Gasteiger partial charge in [-0.15, -0.1) is 11.3 Å². The first-order valence-electron chi connectivity index (χ1n) is 6.61. The smallest absolute Gasteiger partial charge is 0.317 e. The van der Waals surface area contributed by atoms with E-state index < -0.39 is 10.0 Å². The summed E-state index contributed by atoms with van der Waals surface area (Å²) >= 11 is 6.84. The molecule has 9 heteroatoms. The SMILES string of the molecule is CC(C)NC(=O)N1CCN(S(=O)(=O)c2ccc(Cl)s2)CC1. The number of nitrogens with one attached hydrogen (secondary N) is 1. The number of hydrogen-bond acceptors (Lipinski definition) is 4. The van der Waals surface area contributed by atoms with Crippen molar-refractivity contribution in [2.24, 2.45) is 0 Å². The molecule has 0 atom stereocenters. The Morgan fingerprint density at radius 3 is 2.38 bits per heavy atom. The summed E-state index contributed by atoms with van der Waals surface area (Å²) in [5.74, 6) is 0. The Labute approximate surface area is 133 Å². The summed E-state index contributed by atoms with van der Waals surface area (Å²) in [5, 5.41) is 2.80. The van der Waals surface area contributed by atoms with E-state index in [1.807, 2.05) is 13.8 Å². The quantitative estimate of drug-likeness (QED) is 0.903. The first-order valence-corrected chi connectivity index (χ1v) is 9.25. The van der Waals surface area contributed by atoms with Crippen LogP contribution in [0.25, 0.3) is 0 Å². The molecule has 1 aliphatic rings. The molecule has 1 N–H and O–H groups in total. The van der Waals surface area contributed by atoms with Crippen LogP contribution in [0.4, 0.5) is 4.79 Å². The number of carbonyl (C=O) groups excluding carboxylic acids is 1. The Hall–Kier alpha value is -0.830. The highest BCUT2D eigenvalue weighted by atomic mass is 35.5. The maximum Gasteiger partial charge on any atom is 0.317 e. The zero-order valence-electron chi connectivity index (χ0n) is 11.9. The van der Waals surface area contributed by atoms with E-state index in [-0.39, 0.29) is 16.3 Å². The van der Waals surface area contributed by atoms with Gasteiger partial charge >= 0.3 is 6.03 Å².